The van der Waals surface area contributed by atoms with Crippen LogP contribution in [0.4, 0.5) is 0 Å². The van der Waals surface area contributed by atoms with Crippen molar-refractivity contribution in [3.8, 4) is 17.2 Å². The first-order valence-corrected chi connectivity index (χ1v) is 13.4. The highest BCUT2D eigenvalue weighted by Gasteiger charge is 2.29. The number of pyridine rings is 2. The van der Waals surface area contributed by atoms with E-state index in [4.69, 9.17) is 14.2 Å². The highest BCUT2D eigenvalue weighted by Crippen LogP contribution is 2.36. The van der Waals surface area contributed by atoms with Crippen molar-refractivity contribution in [3.63, 3.8) is 0 Å². The van der Waals surface area contributed by atoms with Crippen LogP contribution in [0.1, 0.15) is 34.7 Å². The molecule has 0 saturated carbocycles. The Balaban J connectivity index is 1.45. The van der Waals surface area contributed by atoms with E-state index in [0.717, 1.165) is 16.5 Å². The largest absolute Gasteiger partial charge is 0.507 e. The van der Waals surface area contributed by atoms with Gasteiger partial charge in [0.1, 0.15) is 19.0 Å². The van der Waals surface area contributed by atoms with Gasteiger partial charge in [0.2, 0.25) is 0 Å². The lowest BCUT2D eigenvalue weighted by Crippen LogP contribution is -2.31. The van der Waals surface area contributed by atoms with Crippen LogP contribution in [0.2, 0.25) is 0 Å². The number of aromatic hydroxyl groups is 1. The maximum Gasteiger partial charge on any atom is 0.306 e. The Bertz CT molecular complexity index is 1920. The molecule has 0 spiro atoms. The first kappa shape index (κ1) is 26.2. The molecule has 0 radical (unpaired) electrons. The van der Waals surface area contributed by atoms with E-state index >= 15 is 0 Å². The highest BCUT2D eigenvalue weighted by molar-refractivity contribution is 5.84. The number of esters is 1. The van der Waals surface area contributed by atoms with Gasteiger partial charge in [-0.15, -0.1) is 0 Å². The lowest BCUT2D eigenvalue weighted by atomic mass is 9.88. The van der Waals surface area contributed by atoms with Gasteiger partial charge >= 0.3 is 5.97 Å². The zero-order valence-electron chi connectivity index (χ0n) is 22.7. The molecule has 0 bridgehead atoms. The number of methoxy groups -OCH3 is 1. The number of ether oxygens (including phenoxy) is 3. The second-order valence-corrected chi connectivity index (χ2v) is 10.1. The summed E-state index contributed by atoms with van der Waals surface area (Å²) in [6.07, 6.45) is 2.17. The molecule has 0 unspecified atom stereocenters. The minimum absolute atomic E-state index is 0.0395. The molecule has 3 aromatic heterocycles. The van der Waals surface area contributed by atoms with E-state index in [1.807, 2.05) is 30.5 Å². The van der Waals surface area contributed by atoms with E-state index < -0.39 is 23.0 Å². The molecule has 210 valence electrons. The maximum atomic E-state index is 14.0. The number of carbonyl (C=O) groups is 1. The Kier molecular flexibility index (Phi) is 6.74. The summed E-state index contributed by atoms with van der Waals surface area (Å²) >= 11 is 0. The van der Waals surface area contributed by atoms with Crippen LogP contribution >= 0.6 is 0 Å². The maximum absolute atomic E-state index is 14.0. The van der Waals surface area contributed by atoms with Crippen LogP contribution in [-0.4, -0.2) is 45.9 Å². The van der Waals surface area contributed by atoms with Crippen molar-refractivity contribution in [2.24, 2.45) is 0 Å². The lowest BCUT2D eigenvalue weighted by molar-refractivity contribution is -0.140. The molecule has 10 nitrogen and oxygen atoms in total. The summed E-state index contributed by atoms with van der Waals surface area (Å²) < 4.78 is 17.8. The number of aryl methyl sites for hydroxylation is 2. The number of rotatable bonds is 7. The molecule has 4 heterocycles. The molecule has 0 fully saturated rings. The number of nitrogens with one attached hydrogen (secondary N) is 2. The molecule has 0 saturated heterocycles. The third kappa shape index (κ3) is 4.82. The van der Waals surface area contributed by atoms with Gasteiger partial charge in [-0.3, -0.25) is 14.4 Å². The van der Waals surface area contributed by atoms with E-state index in [2.05, 4.69) is 9.97 Å². The summed E-state index contributed by atoms with van der Waals surface area (Å²) in [5, 5.41) is 12.7. The fraction of sp³-hybridized carbons (Fsp3) is 0.258. The summed E-state index contributed by atoms with van der Waals surface area (Å²) in [5.74, 6) is -0.916. The lowest BCUT2D eigenvalue weighted by Gasteiger charge is -2.21. The molecule has 1 atom stereocenters. The number of H-pyrrole nitrogens is 2. The van der Waals surface area contributed by atoms with Crippen molar-refractivity contribution in [3.05, 3.63) is 97.8 Å². The molecule has 10 heteroatoms. The van der Waals surface area contributed by atoms with Gasteiger partial charge in [-0.25, -0.2) is 0 Å². The van der Waals surface area contributed by atoms with Crippen molar-refractivity contribution < 1.29 is 24.1 Å². The predicted molar refractivity (Wildman–Crippen MR) is 153 cm³/mol. The zero-order chi connectivity index (χ0) is 28.7. The average Bonchev–Trinajstić information content (AvgIpc) is 3.38. The molecule has 1 aliphatic heterocycles. The minimum atomic E-state index is -1.06. The van der Waals surface area contributed by atoms with Crippen molar-refractivity contribution >= 4 is 27.8 Å². The molecule has 3 N–H and O–H groups in total. The van der Waals surface area contributed by atoms with Crippen molar-refractivity contribution in [2.45, 2.75) is 32.2 Å². The first-order valence-electron chi connectivity index (χ1n) is 13.4. The second-order valence-electron chi connectivity index (χ2n) is 10.1. The van der Waals surface area contributed by atoms with E-state index in [0.29, 0.717) is 54.3 Å². The third-order valence-electron chi connectivity index (χ3n) is 7.66. The van der Waals surface area contributed by atoms with Gasteiger partial charge < -0.3 is 33.9 Å². The van der Waals surface area contributed by atoms with Gasteiger partial charge in [0.05, 0.1) is 24.6 Å². The Morgan fingerprint density at radius 2 is 1.83 bits per heavy atom. The molecule has 6 rings (SSSR count). The minimum Gasteiger partial charge on any atom is -0.507 e. The van der Waals surface area contributed by atoms with Crippen LogP contribution in [0.15, 0.2) is 64.3 Å². The second kappa shape index (κ2) is 10.5. The Morgan fingerprint density at radius 3 is 2.61 bits per heavy atom. The summed E-state index contributed by atoms with van der Waals surface area (Å²) in [6, 6.07) is 14.5. The molecule has 41 heavy (non-hydrogen) atoms. The van der Waals surface area contributed by atoms with E-state index in [1.165, 1.54) is 13.2 Å². The molecule has 0 amide bonds. The van der Waals surface area contributed by atoms with Crippen LogP contribution in [0.25, 0.3) is 21.8 Å². The number of carbonyl (C=O) groups excluding carboxylic acids is 1. The average molecular weight is 556 g/mol. The molecular formula is C31H29N3O7. The van der Waals surface area contributed by atoms with Crippen molar-refractivity contribution in [1.82, 2.24) is 14.5 Å². The van der Waals surface area contributed by atoms with Gasteiger partial charge in [-0.05, 0) is 43.2 Å². The highest BCUT2D eigenvalue weighted by atomic mass is 16.6. The van der Waals surface area contributed by atoms with Crippen LogP contribution in [0.5, 0.6) is 17.2 Å². The molecule has 2 aromatic carbocycles. The smallest absolute Gasteiger partial charge is 0.306 e. The summed E-state index contributed by atoms with van der Waals surface area (Å²) in [4.78, 5) is 46.0. The Morgan fingerprint density at radius 1 is 1.07 bits per heavy atom. The number of nitrogens with zero attached hydrogens (tertiary/aromatic N) is 1. The predicted octanol–water partition coefficient (Wildman–Crippen LogP) is 3.89. The van der Waals surface area contributed by atoms with Gasteiger partial charge in [0, 0.05) is 52.3 Å². The van der Waals surface area contributed by atoms with Gasteiger partial charge in [0.15, 0.2) is 11.5 Å². The number of hydrogen-bond acceptors (Lipinski definition) is 7. The normalized spacial score (nSPS) is 13.4. The molecule has 1 aliphatic rings. The van der Waals surface area contributed by atoms with E-state index in [9.17, 15) is 19.5 Å². The third-order valence-corrected chi connectivity index (χ3v) is 7.66. The quantitative estimate of drug-likeness (QED) is 0.259. The van der Waals surface area contributed by atoms with E-state index in [-0.39, 0.29) is 23.3 Å². The summed E-state index contributed by atoms with van der Waals surface area (Å²) in [6.45, 7) is 2.88. The Labute approximate surface area is 234 Å². The van der Waals surface area contributed by atoms with Crippen LogP contribution in [0.3, 0.4) is 0 Å². The summed E-state index contributed by atoms with van der Waals surface area (Å²) in [7, 11) is 1.24. The van der Waals surface area contributed by atoms with Gasteiger partial charge in [0.25, 0.3) is 11.1 Å². The van der Waals surface area contributed by atoms with Crippen molar-refractivity contribution in [1.29, 1.82) is 0 Å². The zero-order valence-corrected chi connectivity index (χ0v) is 22.7. The van der Waals surface area contributed by atoms with Crippen LogP contribution in [-0.2, 0) is 22.5 Å². The topological polar surface area (TPSA) is 136 Å². The number of para-hydroxylation sites is 1. The number of aromatic amines is 2. The number of aromatic nitrogens is 3. The monoisotopic (exact) mass is 555 g/mol. The summed E-state index contributed by atoms with van der Waals surface area (Å²) in [5.41, 5.74) is 2.28. The van der Waals surface area contributed by atoms with Crippen LogP contribution in [0, 0.1) is 6.92 Å². The number of fused-ring (bicyclic) bond motifs is 3. The number of benzene rings is 2. The van der Waals surface area contributed by atoms with Crippen molar-refractivity contribution in [2.75, 3.05) is 20.3 Å². The standard InChI is InChI=1S/C31H29N3O7/c1-17-11-25(35)29(31(38)34(17)8-7-18-16-32-23-6-4-3-5-20(18)23)21(14-28(36)39-2)22-12-19-13-26-27(41-10-9-40-26)15-24(19)33-30(22)37/h3-6,11-13,15-16,21,32,35H,7-10,14H2,1-2H3,(H,33,37)/t21-/m0/s1. The van der Waals surface area contributed by atoms with Crippen LogP contribution < -0.4 is 20.6 Å². The SMILES string of the molecule is COC(=O)C[C@@H](c1cc2cc3c(cc2[nH]c1=O)OCCO3)c1c(O)cc(C)n(CCc2c[nH]c3ccccc23)c1=O. The van der Waals surface area contributed by atoms with E-state index in [1.54, 1.807) is 29.7 Å². The molecular weight excluding hydrogens is 526 g/mol. The molecule has 5 aromatic rings. The fourth-order valence-electron chi connectivity index (χ4n) is 5.58. The first-order chi connectivity index (χ1) is 19.8. The number of hydrogen-bond donors (Lipinski definition) is 3. The molecule has 0 aliphatic carbocycles. The van der Waals surface area contributed by atoms with Gasteiger partial charge in [-0.2, -0.15) is 0 Å². The van der Waals surface area contributed by atoms with Gasteiger partial charge in [-0.1, -0.05) is 18.2 Å². The Hall–Kier alpha value is -4.99. The fourth-order valence-corrected chi connectivity index (χ4v) is 5.58.